The highest BCUT2D eigenvalue weighted by atomic mass is 16.4. The van der Waals surface area contributed by atoms with Crippen molar-refractivity contribution in [2.75, 3.05) is 0 Å². The molecule has 2 rings (SSSR count). The summed E-state index contributed by atoms with van der Waals surface area (Å²) in [6.07, 6.45) is 4.66. The number of amides is 2. The van der Waals surface area contributed by atoms with Crippen LogP contribution in [0.3, 0.4) is 0 Å². The van der Waals surface area contributed by atoms with Crippen molar-refractivity contribution in [3.63, 3.8) is 0 Å². The van der Waals surface area contributed by atoms with Crippen molar-refractivity contribution in [1.82, 2.24) is 9.80 Å². The number of fused-ring (bicyclic) bond motifs is 1. The van der Waals surface area contributed by atoms with Crippen LogP contribution in [0, 0.1) is 12.3 Å². The van der Waals surface area contributed by atoms with Crippen LogP contribution in [-0.2, 0) is 4.79 Å². The van der Waals surface area contributed by atoms with Gasteiger partial charge in [0.25, 0.3) is 0 Å². The summed E-state index contributed by atoms with van der Waals surface area (Å²) in [6.45, 7) is 9.64. The van der Waals surface area contributed by atoms with Gasteiger partial charge in [-0.25, -0.2) is 9.28 Å². The van der Waals surface area contributed by atoms with Crippen molar-refractivity contribution >= 4 is 17.7 Å². The third-order valence-electron chi connectivity index (χ3n) is 5.03. The summed E-state index contributed by atoms with van der Waals surface area (Å²) in [5.41, 5.74) is 1.82. The lowest BCUT2D eigenvalue weighted by Gasteiger charge is -2.53. The Hall–Kier alpha value is -2.32. The second-order valence-electron chi connectivity index (χ2n) is 7.40. The molecule has 24 heavy (non-hydrogen) atoms. The SMILES string of the molecule is C#Cc1ccc2c(c1)[C@H](NC(=O)[O-])C[C@H](C)[N+]2(C(C)=O)C(C)(C)C. The zero-order chi connectivity index (χ0) is 18.3. The number of hydrogen-bond donors (Lipinski definition) is 1. The molecule has 128 valence electrons. The van der Waals surface area contributed by atoms with Crippen LogP contribution in [0.4, 0.5) is 10.5 Å². The van der Waals surface area contributed by atoms with Crippen molar-refractivity contribution in [3.05, 3.63) is 29.3 Å². The van der Waals surface area contributed by atoms with Gasteiger partial charge in [0.15, 0.2) is 0 Å². The number of quaternary nitrogens is 1. The first-order chi connectivity index (χ1) is 11.1. The van der Waals surface area contributed by atoms with Gasteiger partial charge in [-0.2, -0.15) is 0 Å². The Bertz CT molecular complexity index is 727. The summed E-state index contributed by atoms with van der Waals surface area (Å²) in [4.78, 5) is 23.9. The monoisotopic (exact) mass is 328 g/mol. The van der Waals surface area contributed by atoms with E-state index in [4.69, 9.17) is 6.42 Å². The third kappa shape index (κ3) is 2.57. The Balaban J connectivity index is 2.80. The fraction of sp³-hybridized carbons (Fsp3) is 0.474. The van der Waals surface area contributed by atoms with E-state index in [-0.39, 0.29) is 22.0 Å². The van der Waals surface area contributed by atoms with Crippen molar-refractivity contribution in [1.29, 1.82) is 0 Å². The Kier molecular flexibility index (Phi) is 4.47. The summed E-state index contributed by atoms with van der Waals surface area (Å²) >= 11 is 0. The van der Waals surface area contributed by atoms with E-state index in [0.29, 0.717) is 12.0 Å². The average Bonchev–Trinajstić information content (AvgIpc) is 2.44. The lowest BCUT2D eigenvalue weighted by molar-refractivity contribution is -0.252. The molecule has 0 radical (unpaired) electrons. The second-order valence-corrected chi connectivity index (χ2v) is 7.40. The van der Waals surface area contributed by atoms with E-state index < -0.39 is 12.1 Å². The molecule has 0 saturated heterocycles. The van der Waals surface area contributed by atoms with E-state index in [9.17, 15) is 14.7 Å². The van der Waals surface area contributed by atoms with Crippen molar-refractivity contribution in [2.24, 2.45) is 0 Å². The molecule has 1 N–H and O–H groups in total. The van der Waals surface area contributed by atoms with Crippen LogP contribution in [0.2, 0.25) is 0 Å². The molecule has 5 heteroatoms. The predicted octanol–water partition coefficient (Wildman–Crippen LogP) is 2.09. The second kappa shape index (κ2) is 5.95. The summed E-state index contributed by atoms with van der Waals surface area (Å²) in [5.74, 6) is 2.60. The molecule has 0 saturated carbocycles. The Morgan fingerprint density at radius 1 is 1.38 bits per heavy atom. The molecule has 0 fully saturated rings. The van der Waals surface area contributed by atoms with Crippen LogP contribution < -0.4 is 14.9 Å². The fourth-order valence-electron chi connectivity index (χ4n) is 4.36. The number of nitrogens with zero attached hydrogens (tertiary/aromatic N) is 1. The molecule has 1 aliphatic rings. The number of carboxylic acid groups (broad SMARTS) is 1. The van der Waals surface area contributed by atoms with Crippen LogP contribution in [0.25, 0.3) is 0 Å². The van der Waals surface area contributed by atoms with E-state index in [1.807, 2.05) is 33.8 Å². The van der Waals surface area contributed by atoms with Crippen LogP contribution in [-0.4, -0.2) is 23.6 Å². The first kappa shape index (κ1) is 18.0. The summed E-state index contributed by atoms with van der Waals surface area (Å²) < 4.78 is 0.151. The Morgan fingerprint density at radius 2 is 2.00 bits per heavy atom. The van der Waals surface area contributed by atoms with Gasteiger partial charge < -0.3 is 15.2 Å². The molecule has 1 aromatic rings. The molecule has 1 aromatic carbocycles. The smallest absolute Gasteiger partial charge is 0.316 e. The van der Waals surface area contributed by atoms with Gasteiger partial charge in [0.2, 0.25) is 0 Å². The van der Waals surface area contributed by atoms with Gasteiger partial charge in [-0.05, 0) is 39.8 Å². The number of hydrogen-bond acceptors (Lipinski definition) is 3. The highest BCUT2D eigenvalue weighted by molar-refractivity contribution is 5.90. The molecule has 1 unspecified atom stereocenters. The first-order valence-electron chi connectivity index (χ1n) is 8.04. The maximum Gasteiger partial charge on any atom is 0.316 e. The van der Waals surface area contributed by atoms with Gasteiger partial charge in [-0.3, -0.25) is 0 Å². The quantitative estimate of drug-likeness (QED) is 0.634. The molecule has 0 bridgehead atoms. The lowest BCUT2D eigenvalue weighted by atomic mass is 9.83. The minimum Gasteiger partial charge on any atom is -0.530 e. The molecular formula is C19H24N2O3. The minimum absolute atomic E-state index is 0.0246. The number of nitrogens with one attached hydrogen (secondary N) is 1. The van der Waals surface area contributed by atoms with Crippen LogP contribution in [0.5, 0.6) is 0 Å². The van der Waals surface area contributed by atoms with E-state index in [2.05, 4.69) is 11.2 Å². The summed E-state index contributed by atoms with van der Waals surface area (Å²) in [5, 5.41) is 13.6. The van der Waals surface area contributed by atoms with E-state index in [1.54, 1.807) is 19.1 Å². The molecule has 0 aliphatic carbocycles. The zero-order valence-electron chi connectivity index (χ0n) is 14.8. The highest BCUT2D eigenvalue weighted by Crippen LogP contribution is 2.47. The van der Waals surface area contributed by atoms with E-state index >= 15 is 0 Å². The molecule has 1 heterocycles. The third-order valence-corrected chi connectivity index (χ3v) is 5.03. The minimum atomic E-state index is -1.33. The maximum atomic E-state index is 12.8. The van der Waals surface area contributed by atoms with Gasteiger partial charge >= 0.3 is 5.91 Å². The fourth-order valence-corrected chi connectivity index (χ4v) is 4.36. The molecule has 5 nitrogen and oxygen atoms in total. The highest BCUT2D eigenvalue weighted by Gasteiger charge is 2.55. The Labute approximate surface area is 143 Å². The Morgan fingerprint density at radius 3 is 2.46 bits per heavy atom. The number of benzene rings is 1. The topological polar surface area (TPSA) is 69.2 Å². The van der Waals surface area contributed by atoms with Gasteiger partial charge in [0.1, 0.15) is 23.4 Å². The van der Waals surface area contributed by atoms with Crippen LogP contribution in [0.15, 0.2) is 18.2 Å². The predicted molar refractivity (Wildman–Crippen MR) is 92.0 cm³/mol. The lowest BCUT2D eigenvalue weighted by Crippen LogP contribution is -2.71. The van der Waals surface area contributed by atoms with Gasteiger partial charge in [-0.15, -0.1) is 6.42 Å². The van der Waals surface area contributed by atoms with Gasteiger partial charge in [0.05, 0.1) is 13.0 Å². The van der Waals surface area contributed by atoms with Crippen molar-refractivity contribution in [2.45, 2.75) is 58.7 Å². The number of terminal acetylenes is 1. The molecule has 3 atom stereocenters. The summed E-state index contributed by atoms with van der Waals surface area (Å²) in [7, 11) is 0. The number of rotatable bonds is 1. The van der Waals surface area contributed by atoms with Crippen LogP contribution >= 0.6 is 0 Å². The standard InChI is InChI=1S/C19H24N2O3/c1-7-14-8-9-17-15(11-14)16(20-18(23)24)10-12(2)21(17,13(3)22)19(4,5)6/h1,8-9,11-12,16,20H,10H2,2-6H3/t12-,16+,21?/m0/s1. The molecule has 1 aliphatic heterocycles. The number of carbonyl (C=O) groups excluding carboxylic acids is 2. The normalized spacial score (nSPS) is 26.2. The van der Waals surface area contributed by atoms with Crippen LogP contribution in [0.1, 0.15) is 58.2 Å². The maximum absolute atomic E-state index is 12.8. The van der Waals surface area contributed by atoms with Gasteiger partial charge in [-0.1, -0.05) is 5.92 Å². The first-order valence-corrected chi connectivity index (χ1v) is 8.04. The zero-order valence-corrected chi connectivity index (χ0v) is 14.8. The van der Waals surface area contributed by atoms with Gasteiger partial charge in [0, 0.05) is 23.6 Å². The molecule has 0 aromatic heterocycles. The number of carbonyl (C=O) groups is 2. The molecular weight excluding hydrogens is 304 g/mol. The molecule has 2 amide bonds. The summed E-state index contributed by atoms with van der Waals surface area (Å²) in [6, 6.07) is 4.92. The van der Waals surface area contributed by atoms with Crippen molar-refractivity contribution < 1.29 is 14.7 Å². The van der Waals surface area contributed by atoms with Crippen molar-refractivity contribution in [3.8, 4) is 12.3 Å². The van der Waals surface area contributed by atoms with E-state index in [1.165, 1.54) is 0 Å². The van der Waals surface area contributed by atoms with E-state index in [0.717, 1.165) is 11.3 Å². The average molecular weight is 328 g/mol. The largest absolute Gasteiger partial charge is 0.530 e. The molecule has 0 spiro atoms.